The average Bonchev–Trinajstić information content (AvgIpc) is 3.34. The third-order valence-corrected chi connectivity index (χ3v) is 4.06. The molecule has 4 rings (SSSR count). The highest BCUT2D eigenvalue weighted by Crippen LogP contribution is 2.31. The van der Waals surface area contributed by atoms with Gasteiger partial charge in [-0.25, -0.2) is 0 Å². The molecule has 29 heavy (non-hydrogen) atoms. The molecule has 0 bridgehead atoms. The standard InChI is InChI=1S/C19H12F3N3O4/c1-27-13-4-2-3-11-9-14(28-15(11)13)16(26)23-18-25-24-17(29-18)10-5-7-12(8-6-10)19(20,21)22/h2-9H,1H3,(H,23,25,26). The van der Waals surface area contributed by atoms with Crippen molar-refractivity contribution in [3.63, 3.8) is 0 Å². The largest absolute Gasteiger partial charge is 0.493 e. The van der Waals surface area contributed by atoms with Crippen LogP contribution in [0.15, 0.2) is 57.4 Å². The van der Waals surface area contributed by atoms with E-state index >= 15 is 0 Å². The number of benzene rings is 2. The highest BCUT2D eigenvalue weighted by atomic mass is 19.4. The molecule has 0 saturated heterocycles. The number of hydrogen-bond donors (Lipinski definition) is 1. The van der Waals surface area contributed by atoms with E-state index < -0.39 is 17.6 Å². The number of nitrogens with zero attached hydrogens (tertiary/aromatic N) is 2. The quantitative estimate of drug-likeness (QED) is 0.528. The molecule has 148 valence electrons. The second-order valence-electron chi connectivity index (χ2n) is 5.93. The lowest BCUT2D eigenvalue weighted by atomic mass is 10.1. The van der Waals surface area contributed by atoms with Gasteiger partial charge in [-0.2, -0.15) is 13.2 Å². The molecule has 0 saturated carbocycles. The van der Waals surface area contributed by atoms with E-state index in [1.54, 1.807) is 18.2 Å². The summed E-state index contributed by atoms with van der Waals surface area (Å²) in [5.74, 6) is -0.200. The first kappa shape index (κ1) is 18.5. The molecule has 0 aliphatic carbocycles. The lowest BCUT2D eigenvalue weighted by Gasteiger charge is -2.05. The lowest BCUT2D eigenvalue weighted by Crippen LogP contribution is -2.10. The minimum absolute atomic E-state index is 0.00113. The van der Waals surface area contributed by atoms with Gasteiger partial charge < -0.3 is 13.6 Å². The fourth-order valence-electron chi connectivity index (χ4n) is 2.66. The molecule has 2 aromatic carbocycles. The molecule has 0 aliphatic heterocycles. The average molecular weight is 403 g/mol. The van der Waals surface area contributed by atoms with Gasteiger partial charge in [0, 0.05) is 10.9 Å². The van der Waals surface area contributed by atoms with Crippen molar-refractivity contribution >= 4 is 22.9 Å². The van der Waals surface area contributed by atoms with E-state index in [1.807, 2.05) is 0 Å². The SMILES string of the molecule is COc1cccc2cc(C(=O)Nc3nnc(-c4ccc(C(F)(F)F)cc4)o3)oc12. The zero-order valence-electron chi connectivity index (χ0n) is 14.8. The Morgan fingerprint density at radius 1 is 1.07 bits per heavy atom. The van der Waals surface area contributed by atoms with Gasteiger partial charge in [0.15, 0.2) is 17.1 Å². The van der Waals surface area contributed by atoms with Crippen molar-refractivity contribution in [1.29, 1.82) is 0 Å². The lowest BCUT2D eigenvalue weighted by molar-refractivity contribution is -0.137. The summed E-state index contributed by atoms with van der Waals surface area (Å²) >= 11 is 0. The summed E-state index contributed by atoms with van der Waals surface area (Å²) in [6, 6.07) is 10.7. The van der Waals surface area contributed by atoms with Crippen LogP contribution in [0.3, 0.4) is 0 Å². The van der Waals surface area contributed by atoms with E-state index in [-0.39, 0.29) is 23.2 Å². The number of methoxy groups -OCH3 is 1. The summed E-state index contributed by atoms with van der Waals surface area (Å²) < 4.78 is 53.9. The highest BCUT2D eigenvalue weighted by molar-refractivity contribution is 6.04. The summed E-state index contributed by atoms with van der Waals surface area (Å²) in [4.78, 5) is 12.4. The molecule has 2 aromatic heterocycles. The minimum atomic E-state index is -4.44. The molecule has 7 nitrogen and oxygen atoms in total. The normalized spacial score (nSPS) is 11.6. The van der Waals surface area contributed by atoms with E-state index in [9.17, 15) is 18.0 Å². The van der Waals surface area contributed by atoms with Crippen LogP contribution in [0, 0.1) is 0 Å². The van der Waals surface area contributed by atoms with Crippen LogP contribution in [-0.4, -0.2) is 23.2 Å². The van der Waals surface area contributed by atoms with Crippen molar-refractivity contribution in [3.8, 4) is 17.2 Å². The van der Waals surface area contributed by atoms with Crippen molar-refractivity contribution in [1.82, 2.24) is 10.2 Å². The highest BCUT2D eigenvalue weighted by Gasteiger charge is 2.30. The predicted octanol–water partition coefficient (Wildman–Crippen LogP) is 4.76. The van der Waals surface area contributed by atoms with Gasteiger partial charge >= 0.3 is 12.2 Å². The van der Waals surface area contributed by atoms with Crippen LogP contribution in [0.25, 0.3) is 22.4 Å². The van der Waals surface area contributed by atoms with Crippen LogP contribution in [0.4, 0.5) is 19.2 Å². The molecule has 1 N–H and O–H groups in total. The monoisotopic (exact) mass is 403 g/mol. The number of anilines is 1. The summed E-state index contributed by atoms with van der Waals surface area (Å²) in [5, 5.41) is 10.5. The number of carbonyl (C=O) groups excluding carboxylic acids is 1. The molecular formula is C19H12F3N3O4. The number of amides is 1. The van der Waals surface area contributed by atoms with Gasteiger partial charge in [-0.1, -0.05) is 17.2 Å². The van der Waals surface area contributed by atoms with E-state index in [2.05, 4.69) is 15.5 Å². The Bertz CT molecular complexity index is 1180. The number of fused-ring (bicyclic) bond motifs is 1. The molecule has 0 radical (unpaired) electrons. The van der Waals surface area contributed by atoms with E-state index in [0.717, 1.165) is 12.1 Å². The minimum Gasteiger partial charge on any atom is -0.493 e. The maximum Gasteiger partial charge on any atom is 0.416 e. The summed E-state index contributed by atoms with van der Waals surface area (Å²) in [5.41, 5.74) is -0.106. The molecule has 0 atom stereocenters. The van der Waals surface area contributed by atoms with E-state index in [1.165, 1.54) is 25.3 Å². The Morgan fingerprint density at radius 3 is 2.52 bits per heavy atom. The van der Waals surface area contributed by atoms with Crippen LogP contribution >= 0.6 is 0 Å². The second kappa shape index (κ2) is 6.97. The topological polar surface area (TPSA) is 90.4 Å². The molecule has 0 unspecified atom stereocenters. The summed E-state index contributed by atoms with van der Waals surface area (Å²) in [7, 11) is 1.48. The number of nitrogens with one attached hydrogen (secondary N) is 1. The molecule has 0 spiro atoms. The molecule has 4 aromatic rings. The van der Waals surface area contributed by atoms with Gasteiger partial charge in [0.2, 0.25) is 5.89 Å². The fourth-order valence-corrected chi connectivity index (χ4v) is 2.66. The number of furan rings is 1. The fraction of sp³-hybridized carbons (Fsp3) is 0.105. The molecule has 2 heterocycles. The maximum absolute atomic E-state index is 12.6. The van der Waals surface area contributed by atoms with Gasteiger partial charge in [0.25, 0.3) is 5.91 Å². The number of aromatic nitrogens is 2. The van der Waals surface area contributed by atoms with Gasteiger partial charge in [0.1, 0.15) is 0 Å². The van der Waals surface area contributed by atoms with Crippen molar-refractivity contribution in [3.05, 3.63) is 59.9 Å². The van der Waals surface area contributed by atoms with E-state index in [4.69, 9.17) is 13.6 Å². The molecule has 0 aliphatic rings. The van der Waals surface area contributed by atoms with Crippen LogP contribution in [0.2, 0.25) is 0 Å². The third-order valence-electron chi connectivity index (χ3n) is 4.06. The Kier molecular flexibility index (Phi) is 4.45. The van der Waals surface area contributed by atoms with Crippen molar-refractivity contribution in [2.45, 2.75) is 6.18 Å². The smallest absolute Gasteiger partial charge is 0.416 e. The van der Waals surface area contributed by atoms with Crippen LogP contribution in [0.1, 0.15) is 16.1 Å². The van der Waals surface area contributed by atoms with E-state index in [0.29, 0.717) is 16.7 Å². The van der Waals surface area contributed by atoms with Crippen LogP contribution in [-0.2, 0) is 6.18 Å². The second-order valence-corrected chi connectivity index (χ2v) is 5.93. The number of alkyl halides is 3. The third kappa shape index (κ3) is 3.64. The predicted molar refractivity (Wildman–Crippen MR) is 95.5 cm³/mol. The Labute approximate surface area is 161 Å². The zero-order valence-corrected chi connectivity index (χ0v) is 14.8. The number of rotatable bonds is 4. The molecule has 10 heteroatoms. The molecule has 0 fully saturated rings. The first-order valence-electron chi connectivity index (χ1n) is 8.24. The number of halogens is 3. The van der Waals surface area contributed by atoms with Gasteiger partial charge in [-0.15, -0.1) is 5.10 Å². The van der Waals surface area contributed by atoms with Crippen LogP contribution in [0.5, 0.6) is 5.75 Å². The number of para-hydroxylation sites is 1. The summed E-state index contributed by atoms with van der Waals surface area (Å²) in [6.07, 6.45) is -4.44. The zero-order chi connectivity index (χ0) is 20.6. The first-order valence-corrected chi connectivity index (χ1v) is 8.24. The Morgan fingerprint density at radius 2 is 1.83 bits per heavy atom. The van der Waals surface area contributed by atoms with Crippen molar-refractivity contribution < 1.29 is 31.5 Å². The first-order chi connectivity index (χ1) is 13.8. The Balaban J connectivity index is 1.52. The van der Waals surface area contributed by atoms with Crippen molar-refractivity contribution in [2.24, 2.45) is 0 Å². The maximum atomic E-state index is 12.6. The number of ether oxygens (including phenoxy) is 1. The Hall–Kier alpha value is -3.82. The number of hydrogen-bond acceptors (Lipinski definition) is 6. The van der Waals surface area contributed by atoms with Crippen molar-refractivity contribution in [2.75, 3.05) is 12.4 Å². The molecule has 1 amide bonds. The van der Waals surface area contributed by atoms with Gasteiger partial charge in [0.05, 0.1) is 12.7 Å². The van der Waals surface area contributed by atoms with Gasteiger partial charge in [-0.05, 0) is 36.4 Å². The molecular weight excluding hydrogens is 391 g/mol. The van der Waals surface area contributed by atoms with Crippen LogP contribution < -0.4 is 10.1 Å². The number of carbonyl (C=O) groups is 1. The summed E-state index contributed by atoms with van der Waals surface area (Å²) in [6.45, 7) is 0. The van der Waals surface area contributed by atoms with Gasteiger partial charge in [-0.3, -0.25) is 10.1 Å².